The van der Waals surface area contributed by atoms with Crippen LogP contribution in [0.1, 0.15) is 22.3 Å². The zero-order valence-electron chi connectivity index (χ0n) is 16.6. The number of anilines is 3. The molecule has 2 atom stereocenters. The number of hydrogen-bond donors (Lipinski definition) is 2. The molecule has 2 saturated heterocycles. The number of hydrogen-bond acceptors (Lipinski definition) is 7. The first-order valence-electron chi connectivity index (χ1n) is 9.40. The summed E-state index contributed by atoms with van der Waals surface area (Å²) in [6.07, 6.45) is -3.06. The third kappa shape index (κ3) is 4.07. The number of amides is 1. The highest BCUT2D eigenvalue weighted by Gasteiger charge is 2.42. The number of carbonyl (C=O) groups is 1. The summed E-state index contributed by atoms with van der Waals surface area (Å²) in [5, 5.41) is 5.37. The van der Waals surface area contributed by atoms with Gasteiger partial charge in [0.25, 0.3) is 5.91 Å². The van der Waals surface area contributed by atoms with Gasteiger partial charge in [-0.2, -0.15) is 18.2 Å². The van der Waals surface area contributed by atoms with Crippen LogP contribution in [-0.2, 0) is 10.9 Å². The maximum absolute atomic E-state index is 13.0. The van der Waals surface area contributed by atoms with Gasteiger partial charge in [-0.3, -0.25) is 4.79 Å². The summed E-state index contributed by atoms with van der Waals surface area (Å²) in [5.74, 6) is -0.440. The third-order valence-corrected chi connectivity index (χ3v) is 5.57. The summed E-state index contributed by atoms with van der Waals surface area (Å²) in [6.45, 7) is 1.01. The number of halogens is 4. The Balaban J connectivity index is 1.61. The molecule has 1 aromatic carbocycles. The lowest BCUT2D eigenvalue weighted by Gasteiger charge is -2.27. The van der Waals surface area contributed by atoms with Gasteiger partial charge in [0, 0.05) is 19.8 Å². The average Bonchev–Trinajstić information content (AvgIpc) is 3.36. The predicted molar refractivity (Wildman–Crippen MR) is 107 cm³/mol. The van der Waals surface area contributed by atoms with Crippen molar-refractivity contribution in [3.05, 3.63) is 34.5 Å². The molecule has 0 aliphatic carbocycles. The smallest absolute Gasteiger partial charge is 0.421 e. The molecule has 4 rings (SSSR count). The number of methoxy groups -OCH3 is 1. The monoisotopic (exact) mass is 457 g/mol. The lowest BCUT2D eigenvalue weighted by molar-refractivity contribution is -0.137. The normalized spacial score (nSPS) is 20.1. The van der Waals surface area contributed by atoms with Crippen LogP contribution in [0.5, 0.6) is 5.75 Å². The minimum absolute atomic E-state index is 0.0258. The van der Waals surface area contributed by atoms with Crippen LogP contribution in [0.25, 0.3) is 0 Å². The van der Waals surface area contributed by atoms with E-state index in [-0.39, 0.29) is 46.2 Å². The lowest BCUT2D eigenvalue weighted by atomic mass is 10.1. The number of aromatic nitrogens is 2. The lowest BCUT2D eigenvalue weighted by Crippen LogP contribution is -2.41. The molecule has 2 aliphatic heterocycles. The van der Waals surface area contributed by atoms with Crippen LogP contribution in [0, 0.1) is 0 Å². The van der Waals surface area contributed by atoms with Gasteiger partial charge in [0.15, 0.2) is 0 Å². The molecule has 166 valence electrons. The molecule has 2 aliphatic rings. The van der Waals surface area contributed by atoms with Crippen LogP contribution in [0.3, 0.4) is 0 Å². The number of ether oxygens (including phenoxy) is 2. The van der Waals surface area contributed by atoms with E-state index >= 15 is 0 Å². The number of morpholine rings is 1. The Bertz CT molecular complexity index is 1020. The van der Waals surface area contributed by atoms with Gasteiger partial charge in [0.05, 0.1) is 42.1 Å². The first kappa shape index (κ1) is 21.4. The van der Waals surface area contributed by atoms with Gasteiger partial charge in [-0.15, -0.1) is 0 Å². The highest BCUT2D eigenvalue weighted by atomic mass is 35.5. The number of carbonyl (C=O) groups excluding carboxylic acids is 1. The zero-order chi connectivity index (χ0) is 22.3. The molecular weight excluding hydrogens is 439 g/mol. The Labute approximate surface area is 180 Å². The van der Waals surface area contributed by atoms with Gasteiger partial charge in [-0.1, -0.05) is 11.6 Å². The van der Waals surface area contributed by atoms with Gasteiger partial charge < -0.3 is 25.0 Å². The van der Waals surface area contributed by atoms with E-state index in [2.05, 4.69) is 20.6 Å². The second-order valence-corrected chi connectivity index (χ2v) is 7.57. The van der Waals surface area contributed by atoms with Crippen LogP contribution in [0.2, 0.25) is 5.02 Å². The summed E-state index contributed by atoms with van der Waals surface area (Å²) in [5.41, 5.74) is -0.423. The molecule has 2 fully saturated rings. The number of nitrogens with zero attached hydrogens (tertiary/aromatic N) is 3. The van der Waals surface area contributed by atoms with Crippen molar-refractivity contribution < 1.29 is 27.4 Å². The van der Waals surface area contributed by atoms with Crippen LogP contribution in [-0.4, -0.2) is 60.2 Å². The number of alkyl halides is 3. The van der Waals surface area contributed by atoms with Crippen molar-refractivity contribution in [3.63, 3.8) is 0 Å². The molecule has 0 saturated carbocycles. The quantitative estimate of drug-likeness (QED) is 0.709. The van der Waals surface area contributed by atoms with E-state index in [9.17, 15) is 18.0 Å². The van der Waals surface area contributed by atoms with Crippen molar-refractivity contribution in [1.82, 2.24) is 14.9 Å². The molecular formula is C19H19ClF3N5O3. The second-order valence-electron chi connectivity index (χ2n) is 7.16. The molecule has 1 aromatic heterocycles. The van der Waals surface area contributed by atoms with Crippen LogP contribution < -0.4 is 15.4 Å². The summed E-state index contributed by atoms with van der Waals surface area (Å²) in [4.78, 5) is 22.3. The molecule has 2 aromatic rings. The van der Waals surface area contributed by atoms with Gasteiger partial charge in [-0.05, 0) is 18.6 Å². The number of fused-ring (bicyclic) bond motifs is 2. The largest absolute Gasteiger partial charge is 0.495 e. The minimum atomic E-state index is -4.60. The zero-order valence-corrected chi connectivity index (χ0v) is 17.3. The number of rotatable bonds is 5. The van der Waals surface area contributed by atoms with Crippen molar-refractivity contribution >= 4 is 35.0 Å². The van der Waals surface area contributed by atoms with E-state index in [0.29, 0.717) is 25.0 Å². The molecule has 0 unspecified atom stereocenters. The van der Waals surface area contributed by atoms with Gasteiger partial charge in [-0.25, -0.2) is 4.98 Å². The van der Waals surface area contributed by atoms with E-state index in [1.807, 2.05) is 0 Å². The van der Waals surface area contributed by atoms with Crippen molar-refractivity contribution in [2.45, 2.75) is 24.7 Å². The fourth-order valence-corrected chi connectivity index (χ4v) is 3.99. The number of likely N-dealkylation sites (tertiary alicyclic amines) is 1. The Morgan fingerprint density at radius 3 is 2.74 bits per heavy atom. The summed E-state index contributed by atoms with van der Waals surface area (Å²) in [7, 11) is 2.73. The van der Waals surface area contributed by atoms with Gasteiger partial charge >= 0.3 is 6.18 Å². The van der Waals surface area contributed by atoms with Gasteiger partial charge in [0.1, 0.15) is 17.1 Å². The van der Waals surface area contributed by atoms with Gasteiger partial charge in [0.2, 0.25) is 5.95 Å². The van der Waals surface area contributed by atoms with E-state index in [1.54, 1.807) is 4.90 Å². The first-order chi connectivity index (χ1) is 14.7. The Morgan fingerprint density at radius 1 is 1.39 bits per heavy atom. The molecule has 3 heterocycles. The van der Waals surface area contributed by atoms with Crippen LogP contribution >= 0.6 is 11.6 Å². The highest BCUT2D eigenvalue weighted by Crippen LogP contribution is 2.37. The van der Waals surface area contributed by atoms with Crippen LogP contribution in [0.4, 0.5) is 30.6 Å². The topological polar surface area (TPSA) is 88.6 Å². The molecule has 2 N–H and O–H groups in total. The molecule has 1 amide bonds. The van der Waals surface area contributed by atoms with Crippen molar-refractivity contribution in [2.75, 3.05) is 37.9 Å². The van der Waals surface area contributed by atoms with Crippen molar-refractivity contribution in [1.29, 1.82) is 0 Å². The summed E-state index contributed by atoms with van der Waals surface area (Å²) >= 11 is 6.37. The molecule has 12 heteroatoms. The second kappa shape index (κ2) is 8.04. The molecule has 2 bridgehead atoms. The Hall–Kier alpha value is -2.79. The van der Waals surface area contributed by atoms with E-state index in [0.717, 1.165) is 6.42 Å². The summed E-state index contributed by atoms with van der Waals surface area (Å²) in [6, 6.07) is 2.97. The van der Waals surface area contributed by atoms with Crippen molar-refractivity contribution in [3.8, 4) is 5.75 Å². The Morgan fingerprint density at radius 2 is 2.16 bits per heavy atom. The van der Waals surface area contributed by atoms with E-state index < -0.39 is 11.7 Å². The average molecular weight is 458 g/mol. The standard InChI is InChI=1S/C19H19ClF3N5O3/c1-24-16-12(19(21,22)23)6-25-18(27-16)26-14-5-13(20)11(4-15(14)30-2)17(29)28-7-10-3-9(28)8-31-10/h4-6,9-10H,3,7-8H2,1-2H3,(H2,24,25,26,27)/t9-,10-/m0/s1. The predicted octanol–water partition coefficient (Wildman–Crippen LogP) is 3.56. The molecule has 0 spiro atoms. The van der Waals surface area contributed by atoms with E-state index in [4.69, 9.17) is 21.1 Å². The first-order valence-corrected chi connectivity index (χ1v) is 9.78. The third-order valence-electron chi connectivity index (χ3n) is 5.26. The Kier molecular flexibility index (Phi) is 5.56. The SMILES string of the molecule is CNc1nc(Nc2cc(Cl)c(C(=O)N3C[C@@H]4C[C@H]3CO4)cc2OC)ncc1C(F)(F)F. The molecule has 31 heavy (non-hydrogen) atoms. The number of nitrogens with one attached hydrogen (secondary N) is 2. The van der Waals surface area contributed by atoms with E-state index in [1.165, 1.54) is 26.3 Å². The maximum atomic E-state index is 13.0. The maximum Gasteiger partial charge on any atom is 0.421 e. The van der Waals surface area contributed by atoms with Crippen LogP contribution in [0.15, 0.2) is 18.3 Å². The van der Waals surface area contributed by atoms with Crippen molar-refractivity contribution in [2.24, 2.45) is 0 Å². The fraction of sp³-hybridized carbons (Fsp3) is 0.421. The number of benzene rings is 1. The minimum Gasteiger partial charge on any atom is -0.495 e. The molecule has 0 radical (unpaired) electrons. The molecule has 8 nitrogen and oxygen atoms in total. The summed E-state index contributed by atoms with van der Waals surface area (Å²) < 4.78 is 50.0. The highest BCUT2D eigenvalue weighted by molar-refractivity contribution is 6.34. The fourth-order valence-electron chi connectivity index (χ4n) is 3.75.